The molecule has 1 saturated heterocycles. The van der Waals surface area contributed by atoms with Crippen LogP contribution in [0.15, 0.2) is 23.0 Å². The van der Waals surface area contributed by atoms with E-state index in [0.717, 1.165) is 24.2 Å². The number of nitrogen functional groups attached to an aromatic ring is 1. The van der Waals surface area contributed by atoms with E-state index in [1.54, 1.807) is 20.1 Å². The third kappa shape index (κ3) is 2.97. The number of likely N-dealkylation sites (tertiary alicyclic amines) is 1. The number of carbonyl (C=O) groups excluding carboxylic acids is 1. The first-order chi connectivity index (χ1) is 12.9. The van der Waals surface area contributed by atoms with E-state index in [0.29, 0.717) is 41.8 Å². The number of amides is 1. The molecule has 4 heterocycles. The molecule has 0 aromatic carbocycles. The molecule has 2 atom stereocenters. The smallest absolute Gasteiger partial charge is 0.251 e. The zero-order valence-corrected chi connectivity index (χ0v) is 15.9. The molecule has 2 aliphatic heterocycles. The molecule has 0 spiro atoms. The summed E-state index contributed by atoms with van der Waals surface area (Å²) in [5.74, 6) is 1.59. The topological polar surface area (TPSA) is 90.5 Å². The van der Waals surface area contributed by atoms with Crippen LogP contribution in [0.2, 0.25) is 0 Å². The molecule has 7 heteroatoms. The number of nitrogens with zero attached hydrogens (tertiary/aromatic N) is 3. The number of methoxy groups -OCH3 is 1. The lowest BCUT2D eigenvalue weighted by Gasteiger charge is -2.42. The molecular weight excluding hydrogens is 344 g/mol. The predicted octanol–water partition coefficient (Wildman–Crippen LogP) is 1.78. The maximum Gasteiger partial charge on any atom is 0.251 e. The minimum atomic E-state index is -0.0348. The van der Waals surface area contributed by atoms with Crippen molar-refractivity contribution in [1.82, 2.24) is 14.5 Å². The van der Waals surface area contributed by atoms with Gasteiger partial charge in [-0.15, -0.1) is 0 Å². The van der Waals surface area contributed by atoms with Gasteiger partial charge in [0.1, 0.15) is 11.6 Å². The monoisotopic (exact) mass is 368 g/mol. The van der Waals surface area contributed by atoms with Crippen LogP contribution in [0.3, 0.4) is 0 Å². The number of aryl methyl sites for hydroxylation is 1. The summed E-state index contributed by atoms with van der Waals surface area (Å²) in [6.45, 7) is 5.47. The Kier molecular flexibility index (Phi) is 4.17. The lowest BCUT2D eigenvalue weighted by molar-refractivity contribution is -0.131. The van der Waals surface area contributed by atoms with Crippen LogP contribution in [0.25, 0.3) is 11.1 Å². The highest BCUT2D eigenvalue weighted by molar-refractivity contribution is 5.76. The molecule has 0 aliphatic carbocycles. The van der Waals surface area contributed by atoms with Gasteiger partial charge in [0, 0.05) is 49.8 Å². The molecule has 2 N–H and O–H groups in total. The number of rotatable bonds is 2. The van der Waals surface area contributed by atoms with Crippen LogP contribution in [0.5, 0.6) is 5.75 Å². The molecular formula is C20H24N4O3. The molecule has 2 aromatic heterocycles. The number of ether oxygens (including phenoxy) is 1. The maximum absolute atomic E-state index is 12.8. The van der Waals surface area contributed by atoms with E-state index in [4.69, 9.17) is 10.5 Å². The van der Waals surface area contributed by atoms with Crippen molar-refractivity contribution in [1.29, 1.82) is 0 Å². The van der Waals surface area contributed by atoms with Gasteiger partial charge in [-0.1, -0.05) is 0 Å². The number of nitrogens with two attached hydrogens (primary N) is 1. The van der Waals surface area contributed by atoms with E-state index >= 15 is 0 Å². The minimum Gasteiger partial charge on any atom is -0.495 e. The molecule has 1 fully saturated rings. The first kappa shape index (κ1) is 17.6. The van der Waals surface area contributed by atoms with Crippen LogP contribution in [0, 0.1) is 12.8 Å². The molecule has 27 heavy (non-hydrogen) atoms. The quantitative estimate of drug-likeness (QED) is 0.872. The Morgan fingerprint density at radius 3 is 2.74 bits per heavy atom. The number of anilines is 1. The Morgan fingerprint density at radius 1 is 1.26 bits per heavy atom. The summed E-state index contributed by atoms with van der Waals surface area (Å²) < 4.78 is 7.22. The number of carbonyl (C=O) groups is 1. The number of hydrogen-bond donors (Lipinski definition) is 1. The SMILES string of the molecule is COc1cc(-c2cc3n(c(=O)c2)C[C@H]2C[C@@H]3CN(C(C)=O)C2)c(N)nc1C. The van der Waals surface area contributed by atoms with Crippen molar-refractivity contribution in [2.75, 3.05) is 25.9 Å². The average Bonchev–Trinajstić information content (AvgIpc) is 2.62. The summed E-state index contributed by atoms with van der Waals surface area (Å²) in [4.78, 5) is 30.9. The van der Waals surface area contributed by atoms with Gasteiger partial charge in [0.2, 0.25) is 5.91 Å². The predicted molar refractivity (Wildman–Crippen MR) is 103 cm³/mol. The van der Waals surface area contributed by atoms with E-state index in [1.165, 1.54) is 0 Å². The zero-order chi connectivity index (χ0) is 19.3. The van der Waals surface area contributed by atoms with Crippen molar-refractivity contribution < 1.29 is 9.53 Å². The molecule has 7 nitrogen and oxygen atoms in total. The lowest BCUT2D eigenvalue weighted by atomic mass is 9.82. The van der Waals surface area contributed by atoms with Gasteiger partial charge >= 0.3 is 0 Å². The molecule has 0 unspecified atom stereocenters. The van der Waals surface area contributed by atoms with Gasteiger partial charge in [0.15, 0.2) is 0 Å². The number of aromatic nitrogens is 2. The highest BCUT2D eigenvalue weighted by atomic mass is 16.5. The standard InChI is InChI=1S/C20H24N4O3/c1-11-18(27-3)7-16(20(21)22-11)14-5-17-15-4-13(8-23(10-15)12(2)25)9-24(17)19(26)6-14/h5-7,13,15H,4,8-10H2,1-3H3,(H2,21,22)/t13-,15+/m0/s1. The van der Waals surface area contributed by atoms with Crippen molar-refractivity contribution in [3.8, 4) is 16.9 Å². The Hall–Kier alpha value is -2.83. The van der Waals surface area contributed by atoms with Crippen LogP contribution < -0.4 is 16.0 Å². The van der Waals surface area contributed by atoms with Gasteiger partial charge in [0.25, 0.3) is 5.56 Å². The number of hydrogen-bond acceptors (Lipinski definition) is 5. The average molecular weight is 368 g/mol. The molecule has 2 aromatic rings. The Bertz CT molecular complexity index is 982. The third-order valence-electron chi connectivity index (χ3n) is 5.73. The number of piperidine rings is 1. The lowest BCUT2D eigenvalue weighted by Crippen LogP contribution is -2.48. The van der Waals surface area contributed by atoms with Crippen molar-refractivity contribution in [2.45, 2.75) is 32.7 Å². The second-order valence-electron chi connectivity index (χ2n) is 7.55. The molecule has 0 radical (unpaired) electrons. The molecule has 142 valence electrons. The van der Waals surface area contributed by atoms with Crippen molar-refractivity contribution in [3.63, 3.8) is 0 Å². The largest absolute Gasteiger partial charge is 0.495 e. The summed E-state index contributed by atoms with van der Waals surface area (Å²) in [7, 11) is 1.59. The Labute approximate surface area is 157 Å². The summed E-state index contributed by atoms with van der Waals surface area (Å²) in [5.41, 5.74) is 9.22. The fourth-order valence-electron chi connectivity index (χ4n) is 4.42. The van der Waals surface area contributed by atoms with Gasteiger partial charge in [-0.05, 0) is 37.0 Å². The van der Waals surface area contributed by atoms with E-state index in [1.807, 2.05) is 28.5 Å². The Balaban J connectivity index is 1.82. The number of pyridine rings is 2. The second kappa shape index (κ2) is 6.40. The van der Waals surface area contributed by atoms with Gasteiger partial charge in [-0.25, -0.2) is 4.98 Å². The Morgan fingerprint density at radius 2 is 2.04 bits per heavy atom. The maximum atomic E-state index is 12.8. The third-order valence-corrected chi connectivity index (χ3v) is 5.73. The fourth-order valence-corrected chi connectivity index (χ4v) is 4.42. The molecule has 2 aliphatic rings. The van der Waals surface area contributed by atoms with Crippen LogP contribution in [-0.2, 0) is 11.3 Å². The number of fused-ring (bicyclic) bond motifs is 4. The van der Waals surface area contributed by atoms with Crippen molar-refractivity contribution in [2.24, 2.45) is 5.92 Å². The van der Waals surface area contributed by atoms with Gasteiger partial charge < -0.3 is 19.9 Å². The van der Waals surface area contributed by atoms with Crippen LogP contribution in [0.1, 0.15) is 30.7 Å². The van der Waals surface area contributed by atoms with E-state index in [9.17, 15) is 9.59 Å². The van der Waals surface area contributed by atoms with E-state index in [2.05, 4.69) is 4.98 Å². The van der Waals surface area contributed by atoms with E-state index < -0.39 is 0 Å². The first-order valence-corrected chi connectivity index (χ1v) is 9.19. The van der Waals surface area contributed by atoms with Gasteiger partial charge in [0.05, 0.1) is 12.8 Å². The van der Waals surface area contributed by atoms with Crippen molar-refractivity contribution in [3.05, 3.63) is 39.9 Å². The van der Waals surface area contributed by atoms with Crippen LogP contribution in [-0.4, -0.2) is 40.6 Å². The summed E-state index contributed by atoms with van der Waals surface area (Å²) >= 11 is 0. The summed E-state index contributed by atoms with van der Waals surface area (Å²) in [6, 6.07) is 5.47. The fraction of sp³-hybridized carbons (Fsp3) is 0.450. The highest BCUT2D eigenvalue weighted by Gasteiger charge is 2.35. The minimum absolute atomic E-state index is 0.0348. The highest BCUT2D eigenvalue weighted by Crippen LogP contribution is 2.37. The van der Waals surface area contributed by atoms with Gasteiger partial charge in [-0.3, -0.25) is 9.59 Å². The van der Waals surface area contributed by atoms with E-state index in [-0.39, 0.29) is 17.4 Å². The van der Waals surface area contributed by atoms with Gasteiger partial charge in [-0.2, -0.15) is 0 Å². The zero-order valence-electron chi connectivity index (χ0n) is 15.9. The molecule has 4 rings (SSSR count). The summed E-state index contributed by atoms with van der Waals surface area (Å²) in [6.07, 6.45) is 0.998. The first-order valence-electron chi connectivity index (χ1n) is 9.19. The molecule has 2 bridgehead atoms. The van der Waals surface area contributed by atoms with Crippen LogP contribution >= 0.6 is 0 Å². The molecule has 1 amide bonds. The normalized spacial score (nSPS) is 20.9. The summed E-state index contributed by atoms with van der Waals surface area (Å²) in [5, 5.41) is 0. The van der Waals surface area contributed by atoms with Crippen LogP contribution in [0.4, 0.5) is 5.82 Å². The molecule has 0 saturated carbocycles. The second-order valence-corrected chi connectivity index (χ2v) is 7.55. The van der Waals surface area contributed by atoms with Crippen molar-refractivity contribution >= 4 is 11.7 Å².